The van der Waals surface area contributed by atoms with Gasteiger partial charge in [-0.3, -0.25) is 0 Å². The first kappa shape index (κ1) is 14.9. The molecular formula is C16H18ClNO2. The van der Waals surface area contributed by atoms with Crippen molar-refractivity contribution >= 4 is 11.6 Å². The maximum absolute atomic E-state index is 8.69. The van der Waals surface area contributed by atoms with Gasteiger partial charge in [0.2, 0.25) is 0 Å². The number of ether oxygens (including phenoxy) is 1. The molecule has 0 amide bonds. The molecule has 0 aliphatic rings. The van der Waals surface area contributed by atoms with Crippen LogP contribution in [0.25, 0.3) is 0 Å². The summed E-state index contributed by atoms with van der Waals surface area (Å²) in [5.74, 6) is 0.839. The molecule has 2 N–H and O–H groups in total. The summed E-state index contributed by atoms with van der Waals surface area (Å²) >= 11 is 5.84. The highest BCUT2D eigenvalue weighted by molar-refractivity contribution is 6.30. The van der Waals surface area contributed by atoms with Gasteiger partial charge in [-0.2, -0.15) is 0 Å². The van der Waals surface area contributed by atoms with Crippen LogP contribution in [0.1, 0.15) is 11.1 Å². The van der Waals surface area contributed by atoms with Crippen molar-refractivity contribution in [1.29, 1.82) is 0 Å². The van der Waals surface area contributed by atoms with Crippen molar-refractivity contribution in [2.24, 2.45) is 0 Å². The van der Waals surface area contributed by atoms with Gasteiger partial charge in [0.1, 0.15) is 12.4 Å². The minimum absolute atomic E-state index is 0.155. The third-order valence-electron chi connectivity index (χ3n) is 2.86. The topological polar surface area (TPSA) is 41.5 Å². The Morgan fingerprint density at radius 2 is 1.60 bits per heavy atom. The van der Waals surface area contributed by atoms with Gasteiger partial charge in [-0.15, -0.1) is 0 Å². The fraction of sp³-hybridized carbons (Fsp3) is 0.250. The van der Waals surface area contributed by atoms with E-state index in [2.05, 4.69) is 5.32 Å². The molecule has 0 radical (unpaired) electrons. The highest BCUT2D eigenvalue weighted by Crippen LogP contribution is 2.15. The van der Waals surface area contributed by atoms with Gasteiger partial charge in [-0.1, -0.05) is 35.9 Å². The molecule has 0 aliphatic heterocycles. The maximum atomic E-state index is 8.69. The largest absolute Gasteiger partial charge is 0.489 e. The quantitative estimate of drug-likeness (QED) is 0.771. The Hall–Kier alpha value is -1.55. The van der Waals surface area contributed by atoms with E-state index in [1.807, 2.05) is 48.5 Å². The van der Waals surface area contributed by atoms with Gasteiger partial charge in [-0.05, 0) is 35.4 Å². The van der Waals surface area contributed by atoms with Crippen molar-refractivity contribution in [1.82, 2.24) is 5.32 Å². The van der Waals surface area contributed by atoms with Crippen LogP contribution in [0, 0.1) is 0 Å². The molecule has 0 unspecified atom stereocenters. The molecule has 0 heterocycles. The average molecular weight is 292 g/mol. The predicted octanol–water partition coefficient (Wildman–Crippen LogP) is 3.00. The summed E-state index contributed by atoms with van der Waals surface area (Å²) in [6.45, 7) is 2.04. The summed E-state index contributed by atoms with van der Waals surface area (Å²) in [6, 6.07) is 15.6. The molecule has 0 aromatic heterocycles. The Bertz CT molecular complexity index is 511. The lowest BCUT2D eigenvalue weighted by Crippen LogP contribution is -2.17. The Kier molecular flexibility index (Phi) is 5.87. The predicted molar refractivity (Wildman–Crippen MR) is 81.0 cm³/mol. The Balaban J connectivity index is 1.82. The van der Waals surface area contributed by atoms with Crippen LogP contribution < -0.4 is 10.1 Å². The van der Waals surface area contributed by atoms with E-state index in [1.165, 1.54) is 0 Å². The van der Waals surface area contributed by atoms with Crippen LogP contribution in [-0.4, -0.2) is 18.3 Å². The lowest BCUT2D eigenvalue weighted by atomic mass is 10.2. The summed E-state index contributed by atoms with van der Waals surface area (Å²) in [5, 5.41) is 12.6. The second-order valence-corrected chi connectivity index (χ2v) is 4.90. The number of hydrogen-bond acceptors (Lipinski definition) is 3. The molecule has 4 heteroatoms. The van der Waals surface area contributed by atoms with Crippen LogP contribution in [0.15, 0.2) is 48.5 Å². The molecule has 0 atom stereocenters. The van der Waals surface area contributed by atoms with Crippen LogP contribution in [-0.2, 0) is 13.2 Å². The van der Waals surface area contributed by atoms with E-state index in [0.717, 1.165) is 28.4 Å². The van der Waals surface area contributed by atoms with Crippen molar-refractivity contribution in [3.63, 3.8) is 0 Å². The third-order valence-corrected chi connectivity index (χ3v) is 3.11. The number of hydrogen-bond donors (Lipinski definition) is 2. The Labute approximate surface area is 124 Å². The van der Waals surface area contributed by atoms with Gasteiger partial charge >= 0.3 is 0 Å². The number of rotatable bonds is 7. The van der Waals surface area contributed by atoms with Crippen LogP contribution in [0.2, 0.25) is 5.02 Å². The van der Waals surface area contributed by atoms with Gasteiger partial charge in [0.15, 0.2) is 0 Å². The van der Waals surface area contributed by atoms with Crippen molar-refractivity contribution in [3.8, 4) is 5.75 Å². The van der Waals surface area contributed by atoms with Gasteiger partial charge in [-0.25, -0.2) is 0 Å². The average Bonchev–Trinajstić information content (AvgIpc) is 2.48. The number of benzene rings is 2. The number of halogens is 1. The van der Waals surface area contributed by atoms with Gasteiger partial charge in [0.05, 0.1) is 6.61 Å². The van der Waals surface area contributed by atoms with Crippen molar-refractivity contribution in [2.75, 3.05) is 13.2 Å². The summed E-state index contributed by atoms with van der Waals surface area (Å²) < 4.78 is 5.71. The number of aliphatic hydroxyl groups excluding tert-OH is 1. The fourth-order valence-corrected chi connectivity index (χ4v) is 1.89. The van der Waals surface area contributed by atoms with E-state index in [0.29, 0.717) is 13.2 Å². The molecule has 0 saturated heterocycles. The molecule has 0 fully saturated rings. The molecule has 2 aromatic carbocycles. The molecule has 0 spiro atoms. The molecule has 3 nitrogen and oxygen atoms in total. The molecule has 0 aliphatic carbocycles. The first-order valence-corrected chi connectivity index (χ1v) is 6.93. The number of aliphatic hydroxyl groups is 1. The van der Waals surface area contributed by atoms with E-state index in [4.69, 9.17) is 21.4 Å². The zero-order valence-corrected chi connectivity index (χ0v) is 11.9. The SMILES string of the molecule is OCCNCc1ccc(OCc2ccc(Cl)cc2)cc1. The van der Waals surface area contributed by atoms with Crippen LogP contribution in [0.4, 0.5) is 0 Å². The van der Waals surface area contributed by atoms with Gasteiger partial charge in [0, 0.05) is 18.1 Å². The van der Waals surface area contributed by atoms with Crippen LogP contribution in [0.5, 0.6) is 5.75 Å². The van der Waals surface area contributed by atoms with E-state index >= 15 is 0 Å². The third kappa shape index (κ3) is 4.85. The molecule has 106 valence electrons. The van der Waals surface area contributed by atoms with Crippen molar-refractivity contribution < 1.29 is 9.84 Å². The lowest BCUT2D eigenvalue weighted by Gasteiger charge is -2.08. The minimum atomic E-state index is 0.155. The Morgan fingerprint density at radius 3 is 2.25 bits per heavy atom. The zero-order chi connectivity index (χ0) is 14.2. The standard InChI is InChI=1S/C16H18ClNO2/c17-15-5-1-14(2-6-15)12-20-16-7-3-13(4-8-16)11-18-9-10-19/h1-8,18-19H,9-12H2. The zero-order valence-electron chi connectivity index (χ0n) is 11.2. The highest BCUT2D eigenvalue weighted by Gasteiger charge is 1.98. The summed E-state index contributed by atoms with van der Waals surface area (Å²) in [4.78, 5) is 0. The van der Waals surface area contributed by atoms with Crippen LogP contribution >= 0.6 is 11.6 Å². The van der Waals surface area contributed by atoms with E-state index in [1.54, 1.807) is 0 Å². The first-order valence-electron chi connectivity index (χ1n) is 6.55. The normalized spacial score (nSPS) is 10.5. The summed E-state index contributed by atoms with van der Waals surface area (Å²) in [7, 11) is 0. The van der Waals surface area contributed by atoms with Crippen molar-refractivity contribution in [3.05, 3.63) is 64.7 Å². The Morgan fingerprint density at radius 1 is 0.950 bits per heavy atom. The lowest BCUT2D eigenvalue weighted by molar-refractivity contribution is 0.292. The molecule has 0 bridgehead atoms. The molecule has 2 rings (SSSR count). The van der Waals surface area contributed by atoms with Gasteiger partial charge < -0.3 is 15.2 Å². The summed E-state index contributed by atoms with van der Waals surface area (Å²) in [6.07, 6.45) is 0. The van der Waals surface area contributed by atoms with E-state index in [9.17, 15) is 0 Å². The van der Waals surface area contributed by atoms with Gasteiger partial charge in [0.25, 0.3) is 0 Å². The molecule has 2 aromatic rings. The monoisotopic (exact) mass is 291 g/mol. The fourth-order valence-electron chi connectivity index (χ4n) is 1.76. The minimum Gasteiger partial charge on any atom is -0.489 e. The van der Waals surface area contributed by atoms with E-state index in [-0.39, 0.29) is 6.61 Å². The second-order valence-electron chi connectivity index (χ2n) is 4.46. The molecule has 0 saturated carbocycles. The summed E-state index contributed by atoms with van der Waals surface area (Å²) in [5.41, 5.74) is 2.25. The second kappa shape index (κ2) is 7.90. The van der Waals surface area contributed by atoms with Crippen LogP contribution in [0.3, 0.4) is 0 Å². The van der Waals surface area contributed by atoms with E-state index < -0.39 is 0 Å². The maximum Gasteiger partial charge on any atom is 0.119 e. The number of nitrogens with one attached hydrogen (secondary N) is 1. The smallest absolute Gasteiger partial charge is 0.119 e. The molecule has 20 heavy (non-hydrogen) atoms. The first-order chi connectivity index (χ1) is 9.78. The molecular weight excluding hydrogens is 274 g/mol. The highest BCUT2D eigenvalue weighted by atomic mass is 35.5. The van der Waals surface area contributed by atoms with Crippen molar-refractivity contribution in [2.45, 2.75) is 13.2 Å².